The van der Waals surface area contributed by atoms with Gasteiger partial charge in [-0.1, -0.05) is 24.6 Å². The first-order chi connectivity index (χ1) is 12.9. The second-order valence-corrected chi connectivity index (χ2v) is 9.04. The van der Waals surface area contributed by atoms with E-state index in [2.05, 4.69) is 15.6 Å². The Bertz CT molecular complexity index is 753. The summed E-state index contributed by atoms with van der Waals surface area (Å²) in [5.74, 6) is 1.62. The van der Waals surface area contributed by atoms with E-state index in [1.807, 2.05) is 19.1 Å². The lowest BCUT2D eigenvalue weighted by atomic mass is 10.1. The highest BCUT2D eigenvalue weighted by molar-refractivity contribution is 14.0. The zero-order valence-electron chi connectivity index (χ0n) is 16.6. The highest BCUT2D eigenvalue weighted by Crippen LogP contribution is 2.23. The van der Waals surface area contributed by atoms with Gasteiger partial charge in [-0.3, -0.25) is 4.99 Å². The van der Waals surface area contributed by atoms with E-state index in [9.17, 15) is 8.42 Å². The second-order valence-electron chi connectivity index (χ2n) is 6.52. The number of nitrogens with one attached hydrogen (secondary N) is 2. The maximum Gasteiger partial charge on any atom is 0.214 e. The smallest absolute Gasteiger partial charge is 0.214 e. The van der Waals surface area contributed by atoms with E-state index in [-0.39, 0.29) is 35.8 Å². The van der Waals surface area contributed by atoms with E-state index in [1.165, 1.54) is 0 Å². The maximum absolute atomic E-state index is 12.2. The number of halogens is 2. The molecule has 28 heavy (non-hydrogen) atoms. The van der Waals surface area contributed by atoms with Crippen molar-refractivity contribution in [3.05, 3.63) is 28.8 Å². The van der Waals surface area contributed by atoms with Gasteiger partial charge in [-0.2, -0.15) is 0 Å². The normalized spacial score (nSPS) is 16.4. The number of nitrogens with zero attached hydrogens (tertiary/aromatic N) is 2. The Kier molecular flexibility index (Phi) is 10.9. The van der Waals surface area contributed by atoms with Crippen molar-refractivity contribution in [2.75, 3.05) is 33.0 Å². The number of guanidine groups is 1. The van der Waals surface area contributed by atoms with Gasteiger partial charge in [0.2, 0.25) is 10.0 Å². The SMILES string of the molecule is CCCS(=O)(=O)N1CCC(NC(=NC)NCc2ccc(Cl)cc2OC)CC1.I. The van der Waals surface area contributed by atoms with Gasteiger partial charge in [0, 0.05) is 43.3 Å². The molecule has 1 aromatic rings. The molecular weight excluding hydrogens is 515 g/mol. The summed E-state index contributed by atoms with van der Waals surface area (Å²) in [6.45, 7) is 3.52. The molecule has 0 amide bonds. The molecule has 0 saturated carbocycles. The summed E-state index contributed by atoms with van der Waals surface area (Å²) in [6.07, 6.45) is 2.16. The van der Waals surface area contributed by atoms with Crippen LogP contribution >= 0.6 is 35.6 Å². The van der Waals surface area contributed by atoms with Crippen LogP contribution in [0, 0.1) is 0 Å². The van der Waals surface area contributed by atoms with Crippen molar-refractivity contribution in [1.82, 2.24) is 14.9 Å². The van der Waals surface area contributed by atoms with E-state index in [0.717, 1.165) is 24.2 Å². The zero-order chi connectivity index (χ0) is 19.9. The second kappa shape index (κ2) is 12.0. The molecule has 1 heterocycles. The molecule has 0 radical (unpaired) electrons. The molecule has 160 valence electrons. The molecule has 1 aliphatic rings. The molecule has 10 heteroatoms. The fourth-order valence-corrected chi connectivity index (χ4v) is 4.80. The van der Waals surface area contributed by atoms with Crippen molar-refractivity contribution < 1.29 is 13.2 Å². The molecule has 1 aromatic carbocycles. The molecule has 1 aliphatic heterocycles. The molecule has 0 atom stereocenters. The summed E-state index contributed by atoms with van der Waals surface area (Å²) in [7, 11) is 0.218. The fraction of sp³-hybridized carbons (Fsp3) is 0.611. The van der Waals surface area contributed by atoms with Crippen molar-refractivity contribution in [2.24, 2.45) is 4.99 Å². The van der Waals surface area contributed by atoms with E-state index in [1.54, 1.807) is 24.5 Å². The zero-order valence-corrected chi connectivity index (χ0v) is 20.5. The van der Waals surface area contributed by atoms with Crippen LogP contribution in [0.5, 0.6) is 5.75 Å². The molecule has 0 unspecified atom stereocenters. The number of methoxy groups -OCH3 is 1. The van der Waals surface area contributed by atoms with Crippen LogP contribution in [0.4, 0.5) is 0 Å². The highest BCUT2D eigenvalue weighted by Gasteiger charge is 2.27. The molecule has 2 N–H and O–H groups in total. The fourth-order valence-electron chi connectivity index (χ4n) is 3.10. The number of rotatable bonds is 7. The summed E-state index contributed by atoms with van der Waals surface area (Å²) >= 11 is 5.99. The summed E-state index contributed by atoms with van der Waals surface area (Å²) in [6, 6.07) is 5.71. The number of hydrogen-bond acceptors (Lipinski definition) is 4. The molecule has 0 bridgehead atoms. The largest absolute Gasteiger partial charge is 0.496 e. The van der Waals surface area contributed by atoms with Crippen LogP contribution in [0.3, 0.4) is 0 Å². The molecule has 0 aromatic heterocycles. The van der Waals surface area contributed by atoms with Crippen LogP contribution in [0.1, 0.15) is 31.7 Å². The lowest BCUT2D eigenvalue weighted by molar-refractivity contribution is 0.306. The van der Waals surface area contributed by atoms with Crippen LogP contribution < -0.4 is 15.4 Å². The minimum Gasteiger partial charge on any atom is -0.496 e. The first-order valence-electron chi connectivity index (χ1n) is 9.17. The van der Waals surface area contributed by atoms with E-state index < -0.39 is 10.0 Å². The van der Waals surface area contributed by atoms with Gasteiger partial charge in [-0.05, 0) is 31.4 Å². The lowest BCUT2D eigenvalue weighted by Gasteiger charge is -2.32. The van der Waals surface area contributed by atoms with Crippen LogP contribution in [-0.4, -0.2) is 57.7 Å². The minimum atomic E-state index is -3.11. The molecule has 0 spiro atoms. The average Bonchev–Trinajstić information content (AvgIpc) is 2.66. The number of sulfonamides is 1. The predicted octanol–water partition coefficient (Wildman–Crippen LogP) is 2.84. The topological polar surface area (TPSA) is 83.0 Å². The van der Waals surface area contributed by atoms with Gasteiger partial charge >= 0.3 is 0 Å². The number of hydrogen-bond donors (Lipinski definition) is 2. The van der Waals surface area contributed by atoms with Crippen molar-refractivity contribution in [3.8, 4) is 5.75 Å². The summed E-state index contributed by atoms with van der Waals surface area (Å²) in [5.41, 5.74) is 0.977. The monoisotopic (exact) mass is 544 g/mol. The van der Waals surface area contributed by atoms with Gasteiger partial charge < -0.3 is 15.4 Å². The molecular formula is C18H30ClIN4O3S. The van der Waals surface area contributed by atoms with Crippen molar-refractivity contribution in [3.63, 3.8) is 0 Å². The standard InChI is InChI=1S/C18H29ClN4O3S.HI/c1-4-11-27(24,25)23-9-7-16(8-10-23)22-18(20-2)21-13-14-5-6-15(19)12-17(14)26-3;/h5-6,12,16H,4,7-11,13H2,1-3H3,(H2,20,21,22);1H. The number of ether oxygens (including phenoxy) is 1. The molecule has 7 nitrogen and oxygen atoms in total. The summed E-state index contributed by atoms with van der Waals surface area (Å²) in [5, 5.41) is 7.28. The predicted molar refractivity (Wildman–Crippen MR) is 125 cm³/mol. The third-order valence-electron chi connectivity index (χ3n) is 4.57. The molecule has 1 saturated heterocycles. The molecule has 1 fully saturated rings. The Morgan fingerprint density at radius 1 is 1.36 bits per heavy atom. The van der Waals surface area contributed by atoms with Gasteiger partial charge in [0.25, 0.3) is 0 Å². The quantitative estimate of drug-likeness (QED) is 0.313. The molecule has 0 aliphatic carbocycles. The first kappa shape index (κ1) is 25.3. The Balaban J connectivity index is 0.00000392. The first-order valence-corrected chi connectivity index (χ1v) is 11.2. The Hall–Kier alpha value is -0.780. The van der Waals surface area contributed by atoms with Crippen LogP contribution in [0.2, 0.25) is 5.02 Å². The molecule has 2 rings (SSSR count). The summed E-state index contributed by atoms with van der Waals surface area (Å²) < 4.78 is 31.3. The number of piperidine rings is 1. The Morgan fingerprint density at radius 3 is 2.61 bits per heavy atom. The van der Waals surface area contributed by atoms with Crippen LogP contribution in [0.15, 0.2) is 23.2 Å². The van der Waals surface area contributed by atoms with E-state index >= 15 is 0 Å². The minimum absolute atomic E-state index is 0. The van der Waals surface area contributed by atoms with Gasteiger partial charge in [0.1, 0.15) is 5.75 Å². The van der Waals surface area contributed by atoms with Gasteiger partial charge in [-0.15, -0.1) is 24.0 Å². The average molecular weight is 545 g/mol. The van der Waals surface area contributed by atoms with Gasteiger partial charge in [0.15, 0.2) is 5.96 Å². The third-order valence-corrected chi connectivity index (χ3v) is 6.88. The highest BCUT2D eigenvalue weighted by atomic mass is 127. The number of aliphatic imine (C=N–C) groups is 1. The Labute approximate surface area is 190 Å². The third kappa shape index (κ3) is 7.23. The van der Waals surface area contributed by atoms with E-state index in [4.69, 9.17) is 16.3 Å². The van der Waals surface area contributed by atoms with E-state index in [0.29, 0.717) is 37.0 Å². The van der Waals surface area contributed by atoms with Crippen molar-refractivity contribution >= 4 is 51.6 Å². The van der Waals surface area contributed by atoms with Crippen molar-refractivity contribution in [2.45, 2.75) is 38.8 Å². The van der Waals surface area contributed by atoms with Gasteiger partial charge in [-0.25, -0.2) is 12.7 Å². The summed E-state index contributed by atoms with van der Waals surface area (Å²) in [4.78, 5) is 4.26. The van der Waals surface area contributed by atoms with Crippen LogP contribution in [0.25, 0.3) is 0 Å². The van der Waals surface area contributed by atoms with Crippen molar-refractivity contribution in [1.29, 1.82) is 0 Å². The maximum atomic E-state index is 12.2. The van der Waals surface area contributed by atoms with Crippen LogP contribution in [-0.2, 0) is 16.6 Å². The number of benzene rings is 1. The lowest BCUT2D eigenvalue weighted by Crippen LogP contribution is -2.49. The van der Waals surface area contributed by atoms with Gasteiger partial charge in [0.05, 0.1) is 12.9 Å². The Morgan fingerprint density at radius 2 is 2.04 bits per heavy atom.